The molecule has 0 saturated heterocycles. The average Bonchev–Trinajstić information content (AvgIpc) is 3.44. The second-order valence-electron chi connectivity index (χ2n) is 6.90. The Morgan fingerprint density at radius 1 is 1.03 bits per heavy atom. The van der Waals surface area contributed by atoms with Gasteiger partial charge in [-0.25, -0.2) is 0 Å². The van der Waals surface area contributed by atoms with Gasteiger partial charge < -0.3 is 19.3 Å². The van der Waals surface area contributed by atoms with Crippen LogP contribution < -0.4 is 5.32 Å². The minimum Gasteiger partial charge on any atom is -0.459 e. The van der Waals surface area contributed by atoms with Crippen molar-refractivity contribution in [1.29, 1.82) is 0 Å². The summed E-state index contributed by atoms with van der Waals surface area (Å²) in [6.45, 7) is 1.57. The van der Waals surface area contributed by atoms with Gasteiger partial charge in [0.05, 0.1) is 10.5 Å². The number of furan rings is 2. The summed E-state index contributed by atoms with van der Waals surface area (Å²) in [7, 11) is 0. The van der Waals surface area contributed by atoms with Crippen molar-refractivity contribution in [3.05, 3.63) is 93.9 Å². The molecule has 4 rings (SSSR count). The lowest BCUT2D eigenvalue weighted by molar-refractivity contribution is -0.384. The van der Waals surface area contributed by atoms with Crippen LogP contribution in [-0.2, 0) is 6.61 Å². The summed E-state index contributed by atoms with van der Waals surface area (Å²) < 4.78 is 11.1. The fraction of sp³-hybridized carbons (Fsp3) is 0.0870. The van der Waals surface area contributed by atoms with E-state index in [-0.39, 0.29) is 23.8 Å². The van der Waals surface area contributed by atoms with E-state index in [2.05, 4.69) is 5.32 Å². The van der Waals surface area contributed by atoms with E-state index in [1.807, 2.05) is 6.07 Å². The number of aliphatic hydroxyl groups is 1. The van der Waals surface area contributed by atoms with E-state index in [9.17, 15) is 14.9 Å². The van der Waals surface area contributed by atoms with Gasteiger partial charge in [-0.15, -0.1) is 0 Å². The van der Waals surface area contributed by atoms with E-state index in [1.54, 1.807) is 49.4 Å². The molecule has 2 aromatic carbocycles. The van der Waals surface area contributed by atoms with E-state index >= 15 is 0 Å². The number of carbonyl (C=O) groups is 1. The normalized spacial score (nSPS) is 10.8. The van der Waals surface area contributed by atoms with Crippen molar-refractivity contribution in [3.8, 4) is 22.6 Å². The first-order valence-electron chi connectivity index (χ1n) is 9.41. The summed E-state index contributed by atoms with van der Waals surface area (Å²) in [4.78, 5) is 23.5. The lowest BCUT2D eigenvalue weighted by Crippen LogP contribution is -2.10. The molecule has 8 nitrogen and oxygen atoms in total. The van der Waals surface area contributed by atoms with Crippen LogP contribution in [0.1, 0.15) is 21.9 Å². The number of nitrogens with one attached hydrogen (secondary N) is 1. The van der Waals surface area contributed by atoms with Crippen LogP contribution in [0.2, 0.25) is 0 Å². The topological polar surface area (TPSA) is 119 Å². The van der Waals surface area contributed by atoms with Gasteiger partial charge in [-0.05, 0) is 55.0 Å². The number of nitro groups is 1. The van der Waals surface area contributed by atoms with Crippen LogP contribution in [0.4, 0.5) is 11.4 Å². The van der Waals surface area contributed by atoms with Gasteiger partial charge in [0, 0.05) is 17.3 Å². The van der Waals surface area contributed by atoms with Gasteiger partial charge in [0.2, 0.25) is 0 Å². The number of anilines is 1. The zero-order valence-corrected chi connectivity index (χ0v) is 16.5. The molecule has 0 aliphatic carbocycles. The molecule has 4 aromatic rings. The highest BCUT2D eigenvalue weighted by atomic mass is 16.6. The van der Waals surface area contributed by atoms with Crippen molar-refractivity contribution in [1.82, 2.24) is 0 Å². The van der Waals surface area contributed by atoms with E-state index in [0.717, 1.165) is 11.1 Å². The molecule has 0 saturated carbocycles. The largest absolute Gasteiger partial charge is 0.459 e. The number of rotatable bonds is 6. The lowest BCUT2D eigenvalue weighted by Gasteiger charge is -2.05. The molecule has 2 aromatic heterocycles. The fourth-order valence-electron chi connectivity index (χ4n) is 3.17. The Kier molecular flexibility index (Phi) is 5.38. The minimum atomic E-state index is -0.492. The van der Waals surface area contributed by atoms with Crippen LogP contribution in [0.3, 0.4) is 0 Å². The van der Waals surface area contributed by atoms with E-state index in [1.165, 1.54) is 18.2 Å². The number of nitro benzene ring substituents is 1. The van der Waals surface area contributed by atoms with Gasteiger partial charge >= 0.3 is 0 Å². The molecule has 1 amide bonds. The molecule has 0 unspecified atom stereocenters. The predicted molar refractivity (Wildman–Crippen MR) is 114 cm³/mol. The average molecular weight is 418 g/mol. The Bertz CT molecular complexity index is 1270. The number of aliphatic hydroxyl groups excluding tert-OH is 1. The van der Waals surface area contributed by atoms with E-state index in [0.29, 0.717) is 22.8 Å². The van der Waals surface area contributed by atoms with Crippen molar-refractivity contribution >= 4 is 17.3 Å². The highest BCUT2D eigenvalue weighted by Crippen LogP contribution is 2.32. The Morgan fingerprint density at radius 2 is 1.84 bits per heavy atom. The number of carbonyl (C=O) groups excluding carboxylic acids is 1. The first-order chi connectivity index (χ1) is 14.9. The van der Waals surface area contributed by atoms with Crippen molar-refractivity contribution in [2.24, 2.45) is 0 Å². The van der Waals surface area contributed by atoms with Gasteiger partial charge in [0.15, 0.2) is 5.76 Å². The minimum absolute atomic E-state index is 0.0239. The summed E-state index contributed by atoms with van der Waals surface area (Å²) in [6, 6.07) is 18.2. The summed E-state index contributed by atoms with van der Waals surface area (Å²) in [5.74, 6) is 0.770. The van der Waals surface area contributed by atoms with Gasteiger partial charge in [-0.3, -0.25) is 14.9 Å². The first kappa shape index (κ1) is 20.1. The van der Waals surface area contributed by atoms with Crippen LogP contribution in [0, 0.1) is 17.0 Å². The van der Waals surface area contributed by atoms with Crippen LogP contribution >= 0.6 is 0 Å². The second kappa shape index (κ2) is 8.29. The molecule has 0 bridgehead atoms. The summed E-state index contributed by atoms with van der Waals surface area (Å²) >= 11 is 0. The van der Waals surface area contributed by atoms with Crippen LogP contribution in [-0.4, -0.2) is 15.9 Å². The van der Waals surface area contributed by atoms with E-state index < -0.39 is 10.8 Å². The zero-order valence-electron chi connectivity index (χ0n) is 16.5. The standard InChI is InChI=1S/C23H18N2O6/c1-14-5-7-18(19(11-14)25(28)29)21-9-10-22(31-21)23(27)24-16-4-2-3-15(12-16)20-8-6-17(13-26)30-20/h2-12,26H,13H2,1H3,(H,24,27). The number of hydrogen-bond donors (Lipinski definition) is 2. The number of nitrogens with zero attached hydrogens (tertiary/aromatic N) is 1. The summed E-state index contributed by atoms with van der Waals surface area (Å²) in [5.41, 5.74) is 2.21. The Labute approximate surface area is 176 Å². The first-order valence-corrected chi connectivity index (χ1v) is 9.41. The van der Waals surface area contributed by atoms with Crippen LogP contribution in [0.25, 0.3) is 22.6 Å². The molecule has 0 atom stereocenters. The van der Waals surface area contributed by atoms with Crippen LogP contribution in [0.15, 0.2) is 75.6 Å². The molecule has 0 radical (unpaired) electrons. The Balaban J connectivity index is 1.55. The third kappa shape index (κ3) is 4.24. The highest BCUT2D eigenvalue weighted by molar-refractivity contribution is 6.03. The quantitative estimate of drug-likeness (QED) is 0.329. The van der Waals surface area contributed by atoms with Crippen molar-refractivity contribution < 1.29 is 23.7 Å². The molecule has 0 aliphatic rings. The molecule has 8 heteroatoms. The third-order valence-electron chi connectivity index (χ3n) is 4.67. The molecule has 156 valence electrons. The maximum atomic E-state index is 12.6. The monoisotopic (exact) mass is 418 g/mol. The number of hydrogen-bond acceptors (Lipinski definition) is 6. The van der Waals surface area contributed by atoms with Crippen molar-refractivity contribution in [2.75, 3.05) is 5.32 Å². The van der Waals surface area contributed by atoms with Gasteiger partial charge in [0.1, 0.15) is 23.9 Å². The molecule has 0 aliphatic heterocycles. The molecule has 2 heterocycles. The molecular formula is C23H18N2O6. The lowest BCUT2D eigenvalue weighted by atomic mass is 10.1. The zero-order chi connectivity index (χ0) is 22.0. The number of aryl methyl sites for hydroxylation is 1. The molecule has 0 spiro atoms. The predicted octanol–water partition coefficient (Wildman–Crippen LogP) is 5.17. The SMILES string of the molecule is Cc1ccc(-c2ccc(C(=O)Nc3cccc(-c4ccc(CO)o4)c3)o2)c([N+](=O)[O-])c1. The van der Waals surface area contributed by atoms with Gasteiger partial charge in [-0.2, -0.15) is 0 Å². The smallest absolute Gasteiger partial charge is 0.291 e. The maximum absolute atomic E-state index is 12.6. The Morgan fingerprint density at radius 3 is 2.58 bits per heavy atom. The molecule has 2 N–H and O–H groups in total. The van der Waals surface area contributed by atoms with E-state index in [4.69, 9.17) is 13.9 Å². The second-order valence-corrected chi connectivity index (χ2v) is 6.90. The van der Waals surface area contributed by atoms with Crippen molar-refractivity contribution in [2.45, 2.75) is 13.5 Å². The number of benzene rings is 2. The fourth-order valence-corrected chi connectivity index (χ4v) is 3.17. The highest BCUT2D eigenvalue weighted by Gasteiger charge is 2.20. The maximum Gasteiger partial charge on any atom is 0.291 e. The molecular weight excluding hydrogens is 400 g/mol. The Hall–Kier alpha value is -4.17. The van der Waals surface area contributed by atoms with Gasteiger partial charge in [0.25, 0.3) is 11.6 Å². The van der Waals surface area contributed by atoms with Crippen LogP contribution in [0.5, 0.6) is 0 Å². The summed E-state index contributed by atoms with van der Waals surface area (Å²) in [5, 5.41) is 23.2. The third-order valence-corrected chi connectivity index (χ3v) is 4.67. The number of amides is 1. The summed E-state index contributed by atoms with van der Waals surface area (Å²) in [6.07, 6.45) is 0. The van der Waals surface area contributed by atoms with Gasteiger partial charge in [-0.1, -0.05) is 18.2 Å². The molecule has 31 heavy (non-hydrogen) atoms. The molecule has 0 fully saturated rings. The van der Waals surface area contributed by atoms with Crippen molar-refractivity contribution in [3.63, 3.8) is 0 Å².